The van der Waals surface area contributed by atoms with Crippen LogP contribution < -0.4 is 5.32 Å². The normalized spacial score (nSPS) is 10.9. The Bertz CT molecular complexity index is 1400. The zero-order valence-electron chi connectivity index (χ0n) is 18.3. The van der Waals surface area contributed by atoms with Crippen LogP contribution in [0, 0.1) is 6.92 Å². The van der Waals surface area contributed by atoms with Crippen molar-refractivity contribution in [1.29, 1.82) is 0 Å². The van der Waals surface area contributed by atoms with Gasteiger partial charge in [0.05, 0.1) is 5.75 Å². The molecule has 3 aromatic heterocycles. The highest BCUT2D eigenvalue weighted by molar-refractivity contribution is 7.98. The number of aryl methyl sites for hydroxylation is 1. The van der Waals surface area contributed by atoms with Gasteiger partial charge in [-0.15, -0.1) is 21.5 Å². The maximum absolute atomic E-state index is 12.6. The molecular formula is C25H20N6OS2. The lowest BCUT2D eigenvalue weighted by molar-refractivity contribution is 0.102. The molecule has 0 aliphatic heterocycles. The summed E-state index contributed by atoms with van der Waals surface area (Å²) in [6, 6.07) is 21.5. The highest BCUT2D eigenvalue weighted by atomic mass is 32.2. The number of anilines is 1. The van der Waals surface area contributed by atoms with Crippen LogP contribution >= 0.6 is 23.1 Å². The molecular weight excluding hydrogens is 464 g/mol. The number of thioether (sulfide) groups is 1. The summed E-state index contributed by atoms with van der Waals surface area (Å²) in [4.78, 5) is 21.3. The van der Waals surface area contributed by atoms with Crippen molar-refractivity contribution in [3.63, 3.8) is 0 Å². The molecule has 0 aliphatic carbocycles. The van der Waals surface area contributed by atoms with Crippen molar-refractivity contribution in [1.82, 2.24) is 24.7 Å². The number of aromatic nitrogens is 5. The molecule has 0 radical (unpaired) electrons. The van der Waals surface area contributed by atoms with Gasteiger partial charge in [-0.2, -0.15) is 0 Å². The second-order valence-corrected chi connectivity index (χ2v) is 9.34. The van der Waals surface area contributed by atoms with Gasteiger partial charge in [0.2, 0.25) is 0 Å². The molecule has 0 aliphatic rings. The Morgan fingerprint density at radius 1 is 1.03 bits per heavy atom. The first-order valence-corrected chi connectivity index (χ1v) is 12.4. The maximum Gasteiger partial charge on any atom is 0.275 e. The van der Waals surface area contributed by atoms with Crippen molar-refractivity contribution in [3.05, 3.63) is 101 Å². The lowest BCUT2D eigenvalue weighted by Crippen LogP contribution is -2.12. The minimum absolute atomic E-state index is 0.220. The second kappa shape index (κ2) is 9.98. The third kappa shape index (κ3) is 4.90. The molecule has 0 bridgehead atoms. The topological polar surface area (TPSA) is 85.6 Å². The standard InChI is InChI=1S/C25H20N6OS2/c1-17-9-11-19(12-10-17)27-24(32)21-15-33-22(28-21)16-34-25-30-29-23(18-6-5-13-26-14-18)31(25)20-7-3-2-4-8-20/h2-15H,16H2,1H3,(H,27,32). The summed E-state index contributed by atoms with van der Waals surface area (Å²) in [6.45, 7) is 2.01. The lowest BCUT2D eigenvalue weighted by Gasteiger charge is -2.09. The van der Waals surface area contributed by atoms with Gasteiger partial charge in [-0.3, -0.25) is 14.3 Å². The van der Waals surface area contributed by atoms with Gasteiger partial charge in [-0.05, 0) is 43.3 Å². The quantitative estimate of drug-likeness (QED) is 0.301. The molecule has 34 heavy (non-hydrogen) atoms. The Kier molecular flexibility index (Phi) is 6.46. The summed E-state index contributed by atoms with van der Waals surface area (Å²) in [5.74, 6) is 1.07. The summed E-state index contributed by atoms with van der Waals surface area (Å²) >= 11 is 2.98. The summed E-state index contributed by atoms with van der Waals surface area (Å²) in [5.41, 5.74) is 4.14. The van der Waals surface area contributed by atoms with Crippen molar-refractivity contribution in [3.8, 4) is 17.1 Å². The Hall–Kier alpha value is -3.82. The number of carbonyl (C=O) groups excluding carboxylic acids is 1. The average molecular weight is 485 g/mol. The van der Waals surface area contributed by atoms with Crippen molar-refractivity contribution < 1.29 is 4.79 Å². The number of rotatable bonds is 7. The molecule has 2 aromatic carbocycles. The van der Waals surface area contributed by atoms with Gasteiger partial charge in [0, 0.05) is 34.7 Å². The van der Waals surface area contributed by atoms with Crippen LogP contribution in [0.5, 0.6) is 0 Å². The van der Waals surface area contributed by atoms with Gasteiger partial charge in [0.1, 0.15) is 10.7 Å². The minimum Gasteiger partial charge on any atom is -0.321 e. The van der Waals surface area contributed by atoms with E-state index >= 15 is 0 Å². The Morgan fingerprint density at radius 2 is 1.85 bits per heavy atom. The van der Waals surface area contributed by atoms with Gasteiger partial charge in [-0.1, -0.05) is 47.7 Å². The molecule has 0 saturated carbocycles. The number of para-hydroxylation sites is 1. The van der Waals surface area contributed by atoms with Gasteiger partial charge in [0.15, 0.2) is 11.0 Å². The highest BCUT2D eigenvalue weighted by Crippen LogP contribution is 2.30. The van der Waals surface area contributed by atoms with E-state index in [1.54, 1.807) is 17.8 Å². The van der Waals surface area contributed by atoms with E-state index in [0.29, 0.717) is 11.4 Å². The second-order valence-electron chi connectivity index (χ2n) is 7.45. The van der Waals surface area contributed by atoms with Crippen LogP contribution in [0.15, 0.2) is 89.7 Å². The predicted octanol–water partition coefficient (Wildman–Crippen LogP) is 5.64. The zero-order valence-corrected chi connectivity index (χ0v) is 19.9. The van der Waals surface area contributed by atoms with Crippen LogP contribution in [-0.4, -0.2) is 30.6 Å². The van der Waals surface area contributed by atoms with Crippen LogP contribution in [0.25, 0.3) is 17.1 Å². The fourth-order valence-corrected chi connectivity index (χ4v) is 5.04. The van der Waals surface area contributed by atoms with Gasteiger partial charge in [-0.25, -0.2) is 4.98 Å². The van der Waals surface area contributed by atoms with E-state index < -0.39 is 0 Å². The predicted molar refractivity (Wildman–Crippen MR) is 135 cm³/mol. The van der Waals surface area contributed by atoms with Gasteiger partial charge >= 0.3 is 0 Å². The molecule has 0 spiro atoms. The minimum atomic E-state index is -0.220. The van der Waals surface area contributed by atoms with Crippen LogP contribution in [0.1, 0.15) is 21.1 Å². The third-order valence-electron chi connectivity index (χ3n) is 4.99. The molecule has 0 unspecified atom stereocenters. The molecule has 1 N–H and O–H groups in total. The molecule has 0 fully saturated rings. The zero-order chi connectivity index (χ0) is 23.3. The SMILES string of the molecule is Cc1ccc(NC(=O)c2csc(CSc3nnc(-c4cccnc4)n3-c3ccccc3)n2)cc1. The maximum atomic E-state index is 12.6. The number of hydrogen-bond donors (Lipinski definition) is 1. The Morgan fingerprint density at radius 3 is 2.62 bits per heavy atom. The summed E-state index contributed by atoms with van der Waals surface area (Å²) in [6.07, 6.45) is 3.51. The average Bonchev–Trinajstić information content (AvgIpc) is 3.53. The van der Waals surface area contributed by atoms with Crippen LogP contribution in [-0.2, 0) is 5.75 Å². The van der Waals surface area contributed by atoms with Crippen LogP contribution in [0.4, 0.5) is 5.69 Å². The molecule has 5 rings (SSSR count). The summed E-state index contributed by atoms with van der Waals surface area (Å²) < 4.78 is 2.01. The number of amides is 1. The van der Waals surface area contributed by atoms with E-state index in [9.17, 15) is 4.79 Å². The molecule has 3 heterocycles. The molecule has 7 nitrogen and oxygen atoms in total. The lowest BCUT2D eigenvalue weighted by atomic mass is 10.2. The first-order valence-electron chi connectivity index (χ1n) is 10.5. The van der Waals surface area contributed by atoms with Crippen molar-refractivity contribution >= 4 is 34.7 Å². The van der Waals surface area contributed by atoms with Crippen LogP contribution in [0.3, 0.4) is 0 Å². The van der Waals surface area contributed by atoms with Crippen molar-refractivity contribution in [2.24, 2.45) is 0 Å². The molecule has 0 saturated heterocycles. The van der Waals surface area contributed by atoms with E-state index in [1.165, 1.54) is 23.1 Å². The Labute approximate surface area is 204 Å². The number of thiazole rings is 1. The smallest absolute Gasteiger partial charge is 0.275 e. The highest BCUT2D eigenvalue weighted by Gasteiger charge is 2.18. The van der Waals surface area contributed by atoms with Gasteiger partial charge < -0.3 is 5.32 Å². The van der Waals surface area contributed by atoms with Crippen LogP contribution in [0.2, 0.25) is 0 Å². The molecule has 0 atom stereocenters. The fraction of sp³-hybridized carbons (Fsp3) is 0.0800. The largest absolute Gasteiger partial charge is 0.321 e. The van der Waals surface area contributed by atoms with E-state index in [0.717, 1.165) is 38.5 Å². The number of hydrogen-bond acceptors (Lipinski definition) is 7. The molecule has 1 amide bonds. The number of carbonyl (C=O) groups is 1. The van der Waals surface area contributed by atoms with E-state index in [1.807, 2.05) is 78.2 Å². The van der Waals surface area contributed by atoms with Crippen molar-refractivity contribution in [2.45, 2.75) is 17.8 Å². The number of pyridine rings is 1. The van der Waals surface area contributed by atoms with Gasteiger partial charge in [0.25, 0.3) is 5.91 Å². The fourth-order valence-electron chi connectivity index (χ4n) is 3.30. The number of benzene rings is 2. The molecule has 5 aromatic rings. The summed E-state index contributed by atoms with van der Waals surface area (Å²) in [7, 11) is 0. The Balaban J connectivity index is 1.34. The van der Waals surface area contributed by atoms with E-state index in [4.69, 9.17) is 0 Å². The summed E-state index contributed by atoms with van der Waals surface area (Å²) in [5, 5.41) is 15.1. The number of nitrogens with zero attached hydrogens (tertiary/aromatic N) is 5. The first kappa shape index (κ1) is 22.0. The monoisotopic (exact) mass is 484 g/mol. The first-order chi connectivity index (χ1) is 16.7. The van der Waals surface area contributed by atoms with E-state index in [-0.39, 0.29) is 5.91 Å². The van der Waals surface area contributed by atoms with E-state index in [2.05, 4.69) is 25.5 Å². The third-order valence-corrected chi connectivity index (χ3v) is 6.96. The molecule has 168 valence electrons. The molecule has 9 heteroatoms. The number of nitrogens with one attached hydrogen (secondary N) is 1. The van der Waals surface area contributed by atoms with Crippen molar-refractivity contribution in [2.75, 3.05) is 5.32 Å².